The van der Waals surface area contributed by atoms with Crippen LogP contribution >= 0.6 is 11.3 Å². The molecule has 0 saturated heterocycles. The molecule has 0 N–H and O–H groups in total. The Morgan fingerprint density at radius 2 is 2.25 bits per heavy atom. The minimum atomic E-state index is -0.312. The number of carbonyl (C=O) groups excluding carboxylic acids is 1. The lowest BCUT2D eigenvalue weighted by Crippen LogP contribution is -2.16. The molecule has 5 nitrogen and oxygen atoms in total. The topological polar surface area (TPSA) is 52.2 Å². The van der Waals surface area contributed by atoms with Crippen molar-refractivity contribution in [3.8, 4) is 0 Å². The third-order valence-electron chi connectivity index (χ3n) is 3.88. The van der Waals surface area contributed by atoms with Crippen LogP contribution in [0.2, 0.25) is 0 Å². The molecule has 0 aliphatic carbocycles. The fourth-order valence-corrected chi connectivity index (χ4v) is 3.79. The molecule has 2 aromatic heterocycles. The van der Waals surface area contributed by atoms with Gasteiger partial charge in [0.15, 0.2) is 10.5 Å². The molecule has 3 aromatic rings. The van der Waals surface area contributed by atoms with Gasteiger partial charge in [-0.05, 0) is 31.0 Å². The zero-order valence-corrected chi connectivity index (χ0v) is 14.9. The van der Waals surface area contributed by atoms with Gasteiger partial charge in [-0.15, -0.1) is 6.58 Å². The van der Waals surface area contributed by atoms with E-state index in [4.69, 9.17) is 0 Å². The number of aromatic nitrogens is 3. The van der Waals surface area contributed by atoms with Gasteiger partial charge in [0.2, 0.25) is 0 Å². The molecule has 0 aliphatic heterocycles. The molecule has 2 heterocycles. The third kappa shape index (κ3) is 2.97. The van der Waals surface area contributed by atoms with E-state index in [0.29, 0.717) is 17.0 Å². The molecule has 3 rings (SSSR count). The van der Waals surface area contributed by atoms with Gasteiger partial charge < -0.3 is 4.57 Å². The van der Waals surface area contributed by atoms with Crippen LogP contribution in [0.1, 0.15) is 28.5 Å². The Hall–Kier alpha value is -2.47. The van der Waals surface area contributed by atoms with Crippen LogP contribution in [0.5, 0.6) is 0 Å². The first-order valence-electron chi connectivity index (χ1n) is 7.86. The van der Waals surface area contributed by atoms with Crippen molar-refractivity contribution in [1.82, 2.24) is 14.3 Å². The van der Waals surface area contributed by atoms with Gasteiger partial charge in [0.1, 0.15) is 0 Å². The molecular formula is C18H20N4OS. The number of benzene rings is 1. The summed E-state index contributed by atoms with van der Waals surface area (Å²) in [5.41, 5.74) is 3.57. The number of fused-ring (bicyclic) bond motifs is 1. The Morgan fingerprint density at radius 3 is 2.88 bits per heavy atom. The number of hydrogen-bond acceptors (Lipinski definition) is 3. The van der Waals surface area contributed by atoms with E-state index in [9.17, 15) is 4.79 Å². The smallest absolute Gasteiger partial charge is 0.300 e. The van der Waals surface area contributed by atoms with Crippen LogP contribution in [-0.4, -0.2) is 20.3 Å². The normalized spacial score (nSPS) is 12.0. The largest absolute Gasteiger partial charge is 0.312 e. The summed E-state index contributed by atoms with van der Waals surface area (Å²) in [5, 5.41) is 4.21. The van der Waals surface area contributed by atoms with Gasteiger partial charge in [-0.3, -0.25) is 9.48 Å². The second kappa shape index (κ2) is 6.57. The molecule has 1 amide bonds. The van der Waals surface area contributed by atoms with Crippen LogP contribution < -0.4 is 4.80 Å². The summed E-state index contributed by atoms with van der Waals surface area (Å²) in [7, 11) is 1.80. The van der Waals surface area contributed by atoms with E-state index in [1.54, 1.807) is 11.7 Å². The van der Waals surface area contributed by atoms with Gasteiger partial charge in [-0.1, -0.05) is 30.4 Å². The number of thiazole rings is 1. The number of hydrogen-bond donors (Lipinski definition) is 0. The molecule has 0 fully saturated rings. The highest BCUT2D eigenvalue weighted by Gasteiger charge is 2.14. The Kier molecular flexibility index (Phi) is 4.49. The van der Waals surface area contributed by atoms with E-state index in [-0.39, 0.29) is 5.91 Å². The first-order chi connectivity index (χ1) is 11.5. The van der Waals surface area contributed by atoms with Crippen LogP contribution in [-0.2, 0) is 20.0 Å². The molecule has 0 bridgehead atoms. The van der Waals surface area contributed by atoms with E-state index < -0.39 is 0 Å². The standard InChI is InChI=1S/C18H20N4OS/c1-5-9-22-14-8-7-13(6-2)10-15(14)24-18(22)19-17(23)16-12(3)11-21(4)20-16/h5,7-8,10-11H,1,6,9H2,2-4H3. The second-order valence-corrected chi connectivity index (χ2v) is 6.70. The predicted octanol–water partition coefficient (Wildman–Crippen LogP) is 3.23. The van der Waals surface area contributed by atoms with Gasteiger partial charge in [0, 0.05) is 25.4 Å². The molecular weight excluding hydrogens is 320 g/mol. The van der Waals surface area contributed by atoms with E-state index in [1.807, 2.05) is 23.8 Å². The SMILES string of the molecule is C=CCn1c(=NC(=O)c2nn(C)cc2C)sc2cc(CC)ccc21. The summed E-state index contributed by atoms with van der Waals surface area (Å²) in [6.07, 6.45) is 4.61. The van der Waals surface area contributed by atoms with Crippen LogP contribution in [0.4, 0.5) is 0 Å². The quantitative estimate of drug-likeness (QED) is 0.685. The van der Waals surface area contributed by atoms with Gasteiger partial charge in [0.05, 0.1) is 10.2 Å². The fraction of sp³-hybridized carbons (Fsp3) is 0.278. The van der Waals surface area contributed by atoms with Crippen molar-refractivity contribution in [2.24, 2.45) is 12.0 Å². The summed E-state index contributed by atoms with van der Waals surface area (Å²) < 4.78 is 4.78. The van der Waals surface area contributed by atoms with E-state index in [2.05, 4.69) is 41.8 Å². The lowest BCUT2D eigenvalue weighted by atomic mass is 10.2. The maximum absolute atomic E-state index is 12.5. The highest BCUT2D eigenvalue weighted by atomic mass is 32.1. The number of carbonyl (C=O) groups is 1. The molecule has 1 aromatic carbocycles. The van der Waals surface area contributed by atoms with Crippen LogP contribution in [0.15, 0.2) is 42.0 Å². The Morgan fingerprint density at radius 1 is 1.46 bits per heavy atom. The van der Waals surface area contributed by atoms with Gasteiger partial charge in [0.25, 0.3) is 5.91 Å². The molecule has 24 heavy (non-hydrogen) atoms. The van der Waals surface area contributed by atoms with Gasteiger partial charge in [-0.25, -0.2) is 0 Å². The van der Waals surface area contributed by atoms with Crippen LogP contribution in [0.25, 0.3) is 10.2 Å². The van der Waals surface area contributed by atoms with E-state index in [1.165, 1.54) is 16.9 Å². The minimum absolute atomic E-state index is 0.312. The van der Waals surface area contributed by atoms with Crippen LogP contribution in [0.3, 0.4) is 0 Å². The maximum atomic E-state index is 12.5. The molecule has 0 saturated carbocycles. The summed E-state index contributed by atoms with van der Waals surface area (Å²) >= 11 is 1.52. The molecule has 0 unspecified atom stereocenters. The number of allylic oxidation sites excluding steroid dienone is 1. The van der Waals surface area contributed by atoms with Crippen molar-refractivity contribution in [2.75, 3.05) is 0 Å². The van der Waals surface area contributed by atoms with Crippen molar-refractivity contribution in [3.05, 3.63) is 58.7 Å². The number of rotatable bonds is 4. The maximum Gasteiger partial charge on any atom is 0.300 e. The van der Waals surface area contributed by atoms with E-state index in [0.717, 1.165) is 22.2 Å². The average molecular weight is 340 g/mol. The van der Waals surface area contributed by atoms with Crippen molar-refractivity contribution in [2.45, 2.75) is 26.8 Å². The Bertz CT molecular complexity index is 990. The zero-order valence-electron chi connectivity index (χ0n) is 14.1. The Labute approximate surface area is 144 Å². The van der Waals surface area contributed by atoms with Gasteiger partial charge in [-0.2, -0.15) is 10.1 Å². The van der Waals surface area contributed by atoms with Crippen molar-refractivity contribution < 1.29 is 4.79 Å². The molecule has 0 aliphatic rings. The summed E-state index contributed by atoms with van der Waals surface area (Å²) in [4.78, 5) is 17.5. The second-order valence-electron chi connectivity index (χ2n) is 5.69. The van der Waals surface area contributed by atoms with Crippen molar-refractivity contribution in [3.63, 3.8) is 0 Å². The first kappa shape index (κ1) is 16.4. The molecule has 0 atom stereocenters. The molecule has 0 spiro atoms. The minimum Gasteiger partial charge on any atom is -0.312 e. The summed E-state index contributed by atoms with van der Waals surface area (Å²) in [6, 6.07) is 6.36. The molecule has 124 valence electrons. The van der Waals surface area contributed by atoms with Crippen LogP contribution in [0, 0.1) is 6.92 Å². The van der Waals surface area contributed by atoms with Crippen molar-refractivity contribution >= 4 is 27.5 Å². The number of amides is 1. The monoisotopic (exact) mass is 340 g/mol. The predicted molar refractivity (Wildman–Crippen MR) is 97.2 cm³/mol. The lowest BCUT2D eigenvalue weighted by Gasteiger charge is -2.01. The van der Waals surface area contributed by atoms with E-state index >= 15 is 0 Å². The number of aryl methyl sites for hydroxylation is 3. The lowest BCUT2D eigenvalue weighted by molar-refractivity contribution is 0.0992. The highest BCUT2D eigenvalue weighted by Crippen LogP contribution is 2.20. The van der Waals surface area contributed by atoms with Crippen molar-refractivity contribution in [1.29, 1.82) is 0 Å². The summed E-state index contributed by atoms with van der Waals surface area (Å²) in [6.45, 7) is 8.42. The highest BCUT2D eigenvalue weighted by molar-refractivity contribution is 7.16. The fourth-order valence-electron chi connectivity index (χ4n) is 2.69. The third-order valence-corrected chi connectivity index (χ3v) is 4.92. The Balaban J connectivity index is 2.16. The van der Waals surface area contributed by atoms with Gasteiger partial charge >= 0.3 is 0 Å². The average Bonchev–Trinajstić information content (AvgIpc) is 3.07. The first-order valence-corrected chi connectivity index (χ1v) is 8.67. The molecule has 6 heteroatoms. The number of nitrogens with zero attached hydrogens (tertiary/aromatic N) is 4. The zero-order chi connectivity index (χ0) is 17.3. The summed E-state index contributed by atoms with van der Waals surface area (Å²) in [5.74, 6) is -0.312. The molecule has 0 radical (unpaired) electrons.